The number of benzene rings is 2. The largest absolute Gasteiger partial charge is 0.490 e. The van der Waals surface area contributed by atoms with Gasteiger partial charge in [0.1, 0.15) is 0 Å². The molecule has 0 aliphatic heterocycles. The number of aromatic nitrogens is 2. The van der Waals surface area contributed by atoms with E-state index in [1.54, 1.807) is 18.2 Å². The molecule has 2 aromatic carbocycles. The normalized spacial score (nSPS) is 10.9. The van der Waals surface area contributed by atoms with Crippen LogP contribution in [0.3, 0.4) is 0 Å². The zero-order valence-electron chi connectivity index (χ0n) is 19.1. The van der Waals surface area contributed by atoms with Crippen LogP contribution in [0.1, 0.15) is 32.2 Å². The molecular weight excluding hydrogens is 408 g/mol. The van der Waals surface area contributed by atoms with E-state index in [0.717, 1.165) is 12.0 Å². The monoisotopic (exact) mass is 438 g/mol. The molecule has 0 unspecified atom stereocenters. The summed E-state index contributed by atoms with van der Waals surface area (Å²) < 4.78 is 16.5. The minimum Gasteiger partial charge on any atom is -0.490 e. The number of ether oxygens (including phenoxy) is 2. The summed E-state index contributed by atoms with van der Waals surface area (Å²) in [6.07, 6.45) is 0.980. The Balaban J connectivity index is 1.56. The van der Waals surface area contributed by atoms with E-state index in [-0.39, 0.29) is 12.5 Å². The summed E-state index contributed by atoms with van der Waals surface area (Å²) in [5.74, 6) is 2.09. The quantitative estimate of drug-likeness (QED) is 0.481. The number of hydrogen-bond acceptors (Lipinski definition) is 7. The lowest BCUT2D eigenvalue weighted by Gasteiger charge is -2.15. The first-order chi connectivity index (χ1) is 15.5. The molecule has 1 amide bonds. The fourth-order valence-electron chi connectivity index (χ4n) is 3.19. The Hall–Kier alpha value is -3.39. The Labute approximate surface area is 188 Å². The summed E-state index contributed by atoms with van der Waals surface area (Å²) in [5, 5.41) is 6.94. The van der Waals surface area contributed by atoms with Crippen molar-refractivity contribution in [2.75, 3.05) is 32.1 Å². The minimum atomic E-state index is -0.158. The van der Waals surface area contributed by atoms with Crippen molar-refractivity contribution >= 4 is 11.6 Å². The summed E-state index contributed by atoms with van der Waals surface area (Å²) in [4.78, 5) is 18.7. The molecule has 0 aliphatic rings. The maximum atomic E-state index is 12.5. The number of carbonyl (C=O) groups is 1. The highest BCUT2D eigenvalue weighted by atomic mass is 16.5. The van der Waals surface area contributed by atoms with Crippen LogP contribution in [-0.4, -0.2) is 47.8 Å². The highest BCUT2D eigenvalue weighted by Gasteiger charge is 2.14. The van der Waals surface area contributed by atoms with Crippen LogP contribution in [0.15, 0.2) is 47.0 Å². The number of rotatable bonds is 11. The van der Waals surface area contributed by atoms with Crippen molar-refractivity contribution in [3.05, 3.63) is 53.9 Å². The number of hydrogen-bond donors (Lipinski definition) is 1. The fourth-order valence-corrected chi connectivity index (χ4v) is 3.19. The van der Waals surface area contributed by atoms with Crippen molar-refractivity contribution in [1.29, 1.82) is 0 Å². The zero-order chi connectivity index (χ0) is 22.9. The molecular formula is C24H30N4O4. The lowest BCUT2D eigenvalue weighted by atomic mass is 10.1. The van der Waals surface area contributed by atoms with Crippen LogP contribution in [0.2, 0.25) is 0 Å². The highest BCUT2D eigenvalue weighted by molar-refractivity contribution is 5.92. The molecule has 0 atom stereocenters. The summed E-state index contributed by atoms with van der Waals surface area (Å²) in [6, 6.07) is 13.4. The molecule has 0 radical (unpaired) electrons. The van der Waals surface area contributed by atoms with Crippen molar-refractivity contribution in [2.24, 2.45) is 0 Å². The number of nitrogens with one attached hydrogen (secondary N) is 1. The van der Waals surface area contributed by atoms with Crippen LogP contribution in [0.5, 0.6) is 11.5 Å². The average Bonchev–Trinajstić information content (AvgIpc) is 3.24. The van der Waals surface area contributed by atoms with E-state index in [2.05, 4.69) is 34.5 Å². The molecule has 1 N–H and O–H groups in total. The predicted molar refractivity (Wildman–Crippen MR) is 123 cm³/mol. The number of aryl methyl sites for hydroxylation is 1. The molecule has 0 fully saturated rings. The summed E-state index contributed by atoms with van der Waals surface area (Å²) in [5.41, 5.74) is 2.80. The smallest absolute Gasteiger partial charge is 0.241 e. The highest BCUT2D eigenvalue weighted by Crippen LogP contribution is 2.30. The molecule has 0 aliphatic carbocycles. The maximum Gasteiger partial charge on any atom is 0.241 e. The third kappa shape index (κ3) is 6.31. The lowest BCUT2D eigenvalue weighted by Crippen LogP contribution is -2.29. The fraction of sp³-hybridized carbons (Fsp3) is 0.375. The summed E-state index contributed by atoms with van der Waals surface area (Å²) >= 11 is 0. The number of amides is 1. The topological polar surface area (TPSA) is 89.7 Å². The van der Waals surface area contributed by atoms with E-state index in [9.17, 15) is 4.79 Å². The standard InChI is InChI=1S/C24H30N4O4/c1-5-17-8-10-18(11-9-17)24-26-23(32-27-24)16-28(4)15-22(29)25-19-12-13-20(30-6-2)21(14-19)31-7-3/h8-14H,5-7,15-16H2,1-4H3,(H,25,29). The second kappa shape index (κ2) is 11.3. The van der Waals surface area contributed by atoms with Gasteiger partial charge in [0, 0.05) is 17.3 Å². The van der Waals surface area contributed by atoms with Gasteiger partial charge in [-0.25, -0.2) is 0 Å². The van der Waals surface area contributed by atoms with Crippen molar-refractivity contribution in [1.82, 2.24) is 15.0 Å². The van der Waals surface area contributed by atoms with Gasteiger partial charge in [0.25, 0.3) is 0 Å². The van der Waals surface area contributed by atoms with E-state index < -0.39 is 0 Å². The Morgan fingerprint density at radius 1 is 1.03 bits per heavy atom. The van der Waals surface area contributed by atoms with Crippen molar-refractivity contribution in [3.8, 4) is 22.9 Å². The van der Waals surface area contributed by atoms with E-state index in [1.165, 1.54) is 5.56 Å². The van der Waals surface area contributed by atoms with Gasteiger partial charge in [-0.2, -0.15) is 4.98 Å². The first-order valence-corrected chi connectivity index (χ1v) is 10.8. The van der Waals surface area contributed by atoms with Crippen LogP contribution in [0, 0.1) is 0 Å². The molecule has 0 saturated carbocycles. The van der Waals surface area contributed by atoms with Gasteiger partial charge in [0.15, 0.2) is 11.5 Å². The Morgan fingerprint density at radius 3 is 2.44 bits per heavy atom. The van der Waals surface area contributed by atoms with E-state index in [1.807, 2.05) is 37.9 Å². The maximum absolute atomic E-state index is 12.5. The molecule has 170 valence electrons. The van der Waals surface area contributed by atoms with Gasteiger partial charge in [-0.1, -0.05) is 36.3 Å². The van der Waals surface area contributed by atoms with Crippen LogP contribution in [0.4, 0.5) is 5.69 Å². The molecule has 1 heterocycles. The van der Waals surface area contributed by atoms with Crippen molar-refractivity contribution in [3.63, 3.8) is 0 Å². The Kier molecular flexibility index (Phi) is 8.21. The third-order valence-corrected chi connectivity index (χ3v) is 4.73. The van der Waals surface area contributed by atoms with E-state index >= 15 is 0 Å². The lowest BCUT2D eigenvalue weighted by molar-refractivity contribution is -0.117. The number of anilines is 1. The van der Waals surface area contributed by atoms with Crippen LogP contribution in [0.25, 0.3) is 11.4 Å². The van der Waals surface area contributed by atoms with Crippen LogP contribution >= 0.6 is 0 Å². The number of nitrogens with zero attached hydrogens (tertiary/aromatic N) is 3. The SMILES string of the molecule is CCOc1ccc(NC(=O)CN(C)Cc2nc(-c3ccc(CC)cc3)no2)cc1OCC. The van der Waals surface area contributed by atoms with Gasteiger partial charge in [0.2, 0.25) is 17.6 Å². The van der Waals surface area contributed by atoms with E-state index in [4.69, 9.17) is 14.0 Å². The molecule has 3 rings (SSSR count). The molecule has 32 heavy (non-hydrogen) atoms. The molecule has 0 spiro atoms. The van der Waals surface area contributed by atoms with Gasteiger partial charge < -0.3 is 19.3 Å². The van der Waals surface area contributed by atoms with Crippen LogP contribution in [-0.2, 0) is 17.8 Å². The molecule has 0 saturated heterocycles. The molecule has 8 nitrogen and oxygen atoms in total. The zero-order valence-corrected chi connectivity index (χ0v) is 19.1. The predicted octanol–water partition coefficient (Wildman–Crippen LogP) is 4.17. The van der Waals surface area contributed by atoms with Gasteiger partial charge in [0.05, 0.1) is 26.3 Å². The van der Waals surface area contributed by atoms with Gasteiger partial charge >= 0.3 is 0 Å². The summed E-state index contributed by atoms with van der Waals surface area (Å²) in [6.45, 7) is 7.50. The third-order valence-electron chi connectivity index (χ3n) is 4.73. The van der Waals surface area contributed by atoms with Crippen LogP contribution < -0.4 is 14.8 Å². The van der Waals surface area contributed by atoms with Crippen molar-refractivity contribution < 1.29 is 18.8 Å². The minimum absolute atomic E-state index is 0.158. The molecule has 3 aromatic rings. The first kappa shape index (κ1) is 23.3. The summed E-state index contributed by atoms with van der Waals surface area (Å²) in [7, 11) is 1.82. The van der Waals surface area contributed by atoms with Gasteiger partial charge in [-0.15, -0.1) is 0 Å². The van der Waals surface area contributed by atoms with Crippen molar-refractivity contribution in [2.45, 2.75) is 33.7 Å². The second-order valence-electron chi connectivity index (χ2n) is 7.31. The van der Waals surface area contributed by atoms with Gasteiger partial charge in [-0.3, -0.25) is 9.69 Å². The first-order valence-electron chi connectivity index (χ1n) is 10.8. The number of likely N-dealkylation sites (N-methyl/N-ethyl adjacent to an activating group) is 1. The molecule has 0 bridgehead atoms. The Morgan fingerprint density at radius 2 is 1.75 bits per heavy atom. The van der Waals surface area contributed by atoms with Gasteiger partial charge in [-0.05, 0) is 45.0 Å². The average molecular weight is 439 g/mol. The molecule has 1 aromatic heterocycles. The molecule has 8 heteroatoms. The van der Waals surface area contributed by atoms with E-state index in [0.29, 0.717) is 48.7 Å². The second-order valence-corrected chi connectivity index (χ2v) is 7.31. The Bertz CT molecular complexity index is 1020. The number of carbonyl (C=O) groups excluding carboxylic acids is 1.